The highest BCUT2D eigenvalue weighted by Crippen LogP contribution is 2.33. The maximum atomic E-state index is 11.8. The van der Waals surface area contributed by atoms with E-state index in [4.69, 9.17) is 22.1 Å². The standard InChI is InChI=1S/C16H17ClN2O2/c1-4-10-5-7-11(8-6-10)14-9(2)13(18)12(17)15(19-14)16(20)21-3/h5-8H,4H2,1-3H3,(H2,18,19). The number of hydrogen-bond donors (Lipinski definition) is 1. The number of ether oxygens (including phenoxy) is 1. The molecule has 0 radical (unpaired) electrons. The van der Waals surface area contributed by atoms with Crippen LogP contribution in [0, 0.1) is 6.92 Å². The van der Waals surface area contributed by atoms with Gasteiger partial charge in [0.1, 0.15) is 0 Å². The van der Waals surface area contributed by atoms with Crippen molar-refractivity contribution in [2.24, 2.45) is 0 Å². The third kappa shape index (κ3) is 2.85. The Morgan fingerprint density at radius 2 is 1.95 bits per heavy atom. The van der Waals surface area contributed by atoms with Crippen molar-refractivity contribution in [2.75, 3.05) is 12.8 Å². The van der Waals surface area contributed by atoms with Gasteiger partial charge in [0.2, 0.25) is 0 Å². The molecule has 0 aliphatic carbocycles. The number of esters is 1. The molecule has 110 valence electrons. The second kappa shape index (κ2) is 6.14. The van der Waals surface area contributed by atoms with Gasteiger partial charge in [-0.05, 0) is 24.5 Å². The Balaban J connectivity index is 2.62. The Kier molecular flexibility index (Phi) is 4.48. The lowest BCUT2D eigenvalue weighted by Crippen LogP contribution is -2.09. The van der Waals surface area contributed by atoms with Crippen LogP contribution in [0.5, 0.6) is 0 Å². The first-order valence-electron chi connectivity index (χ1n) is 6.62. The fraction of sp³-hybridized carbons (Fsp3) is 0.250. The van der Waals surface area contributed by atoms with Crippen molar-refractivity contribution in [3.8, 4) is 11.3 Å². The van der Waals surface area contributed by atoms with Crippen molar-refractivity contribution >= 4 is 23.3 Å². The van der Waals surface area contributed by atoms with Crippen LogP contribution in [0.15, 0.2) is 24.3 Å². The number of nitrogens with zero attached hydrogens (tertiary/aromatic N) is 1. The highest BCUT2D eigenvalue weighted by Gasteiger charge is 2.20. The van der Waals surface area contributed by atoms with E-state index in [0.29, 0.717) is 11.4 Å². The monoisotopic (exact) mass is 304 g/mol. The van der Waals surface area contributed by atoms with Crippen LogP contribution >= 0.6 is 11.6 Å². The summed E-state index contributed by atoms with van der Waals surface area (Å²) in [5, 5.41) is 0.133. The van der Waals surface area contributed by atoms with Crippen molar-refractivity contribution in [1.29, 1.82) is 0 Å². The molecule has 1 aromatic carbocycles. The first kappa shape index (κ1) is 15.3. The molecule has 0 saturated heterocycles. The van der Waals surface area contributed by atoms with Gasteiger partial charge in [-0.2, -0.15) is 0 Å². The maximum Gasteiger partial charge on any atom is 0.358 e. The largest absolute Gasteiger partial charge is 0.464 e. The van der Waals surface area contributed by atoms with E-state index in [2.05, 4.69) is 11.9 Å². The lowest BCUT2D eigenvalue weighted by molar-refractivity contribution is 0.0594. The van der Waals surface area contributed by atoms with E-state index < -0.39 is 5.97 Å². The summed E-state index contributed by atoms with van der Waals surface area (Å²) < 4.78 is 4.70. The van der Waals surface area contributed by atoms with E-state index in [1.165, 1.54) is 12.7 Å². The molecule has 4 nitrogen and oxygen atoms in total. The summed E-state index contributed by atoms with van der Waals surface area (Å²) in [5.74, 6) is -0.599. The van der Waals surface area contributed by atoms with Crippen LogP contribution in [0.25, 0.3) is 11.3 Å². The molecule has 0 spiro atoms. The molecule has 0 amide bonds. The van der Waals surface area contributed by atoms with Crippen LogP contribution in [0.4, 0.5) is 5.69 Å². The van der Waals surface area contributed by atoms with Gasteiger partial charge in [0.05, 0.1) is 23.5 Å². The number of aryl methyl sites for hydroxylation is 1. The number of methoxy groups -OCH3 is 1. The Morgan fingerprint density at radius 1 is 1.33 bits per heavy atom. The number of carbonyl (C=O) groups excluding carboxylic acids is 1. The number of pyridine rings is 1. The van der Waals surface area contributed by atoms with E-state index in [1.54, 1.807) is 0 Å². The van der Waals surface area contributed by atoms with Crippen LogP contribution < -0.4 is 5.73 Å². The highest BCUT2D eigenvalue weighted by atomic mass is 35.5. The SMILES string of the molecule is CCc1ccc(-c2nc(C(=O)OC)c(Cl)c(N)c2C)cc1. The molecule has 0 saturated carbocycles. The molecule has 2 rings (SSSR count). The quantitative estimate of drug-likeness (QED) is 0.879. The molecule has 0 bridgehead atoms. The first-order valence-corrected chi connectivity index (χ1v) is 7.00. The number of aromatic nitrogens is 1. The Morgan fingerprint density at radius 3 is 2.48 bits per heavy atom. The van der Waals surface area contributed by atoms with Crippen LogP contribution in [-0.4, -0.2) is 18.1 Å². The van der Waals surface area contributed by atoms with Crippen LogP contribution in [0.3, 0.4) is 0 Å². The predicted molar refractivity (Wildman–Crippen MR) is 84.5 cm³/mol. The number of benzene rings is 1. The fourth-order valence-electron chi connectivity index (χ4n) is 2.08. The average molecular weight is 305 g/mol. The zero-order valence-electron chi connectivity index (χ0n) is 12.2. The molecule has 5 heteroatoms. The minimum absolute atomic E-state index is 0.0387. The summed E-state index contributed by atoms with van der Waals surface area (Å²) in [6.07, 6.45) is 0.961. The Labute approximate surface area is 128 Å². The average Bonchev–Trinajstić information content (AvgIpc) is 2.52. The predicted octanol–water partition coefficient (Wildman–Crippen LogP) is 3.64. The summed E-state index contributed by atoms with van der Waals surface area (Å²) in [4.78, 5) is 16.1. The van der Waals surface area contributed by atoms with Crippen LogP contribution in [0.2, 0.25) is 5.02 Å². The van der Waals surface area contributed by atoms with Crippen molar-refractivity contribution < 1.29 is 9.53 Å². The molecule has 0 aliphatic heterocycles. The normalized spacial score (nSPS) is 10.5. The summed E-state index contributed by atoms with van der Waals surface area (Å²) in [5.41, 5.74) is 9.88. The Bertz CT molecular complexity index is 682. The second-order valence-electron chi connectivity index (χ2n) is 4.70. The van der Waals surface area contributed by atoms with Gasteiger partial charge in [0.25, 0.3) is 0 Å². The van der Waals surface area contributed by atoms with Gasteiger partial charge >= 0.3 is 5.97 Å². The van der Waals surface area contributed by atoms with Gasteiger partial charge in [-0.25, -0.2) is 9.78 Å². The van der Waals surface area contributed by atoms with Gasteiger partial charge in [-0.3, -0.25) is 0 Å². The van der Waals surface area contributed by atoms with E-state index >= 15 is 0 Å². The number of hydrogen-bond acceptors (Lipinski definition) is 4. The van der Waals surface area contributed by atoms with E-state index in [-0.39, 0.29) is 10.7 Å². The summed E-state index contributed by atoms with van der Waals surface area (Å²) in [7, 11) is 1.28. The van der Waals surface area contributed by atoms with E-state index in [9.17, 15) is 4.79 Å². The molecule has 2 N–H and O–H groups in total. The van der Waals surface area contributed by atoms with Gasteiger partial charge in [-0.15, -0.1) is 0 Å². The van der Waals surface area contributed by atoms with Gasteiger partial charge < -0.3 is 10.5 Å². The van der Waals surface area contributed by atoms with Gasteiger partial charge in [-0.1, -0.05) is 42.8 Å². The van der Waals surface area contributed by atoms with E-state index in [1.807, 2.05) is 31.2 Å². The topological polar surface area (TPSA) is 65.2 Å². The van der Waals surface area contributed by atoms with Crippen molar-refractivity contribution in [3.05, 3.63) is 46.1 Å². The third-order valence-corrected chi connectivity index (χ3v) is 3.82. The maximum absolute atomic E-state index is 11.8. The van der Waals surface area contributed by atoms with Crippen molar-refractivity contribution in [1.82, 2.24) is 4.98 Å². The molecular formula is C16H17ClN2O2. The molecule has 0 fully saturated rings. The smallest absolute Gasteiger partial charge is 0.358 e. The lowest BCUT2D eigenvalue weighted by atomic mass is 10.0. The molecule has 2 aromatic rings. The summed E-state index contributed by atoms with van der Waals surface area (Å²) >= 11 is 6.09. The van der Waals surface area contributed by atoms with Crippen molar-refractivity contribution in [3.63, 3.8) is 0 Å². The first-order chi connectivity index (χ1) is 9.99. The fourth-order valence-corrected chi connectivity index (χ4v) is 2.34. The van der Waals surface area contributed by atoms with Gasteiger partial charge in [0, 0.05) is 5.56 Å². The van der Waals surface area contributed by atoms with Gasteiger partial charge in [0.15, 0.2) is 5.69 Å². The van der Waals surface area contributed by atoms with Crippen molar-refractivity contribution in [2.45, 2.75) is 20.3 Å². The summed E-state index contributed by atoms with van der Waals surface area (Å²) in [6.45, 7) is 3.92. The minimum atomic E-state index is -0.599. The zero-order valence-corrected chi connectivity index (χ0v) is 13.0. The number of nitrogen functional groups attached to an aromatic ring is 1. The molecule has 21 heavy (non-hydrogen) atoms. The molecule has 0 aliphatic rings. The number of halogens is 1. The molecule has 1 aromatic heterocycles. The van der Waals surface area contributed by atoms with E-state index in [0.717, 1.165) is 17.5 Å². The minimum Gasteiger partial charge on any atom is -0.464 e. The number of rotatable bonds is 3. The number of carbonyl (C=O) groups is 1. The lowest BCUT2D eigenvalue weighted by Gasteiger charge is -2.13. The molecule has 0 unspecified atom stereocenters. The summed E-state index contributed by atoms with van der Waals surface area (Å²) in [6, 6.07) is 7.98. The molecular weight excluding hydrogens is 288 g/mol. The zero-order chi connectivity index (χ0) is 15.6. The number of anilines is 1. The second-order valence-corrected chi connectivity index (χ2v) is 5.08. The van der Waals surface area contributed by atoms with Crippen LogP contribution in [-0.2, 0) is 11.2 Å². The highest BCUT2D eigenvalue weighted by molar-refractivity contribution is 6.36. The molecule has 0 atom stereocenters. The number of nitrogens with two attached hydrogens (primary N) is 1. The Hall–Kier alpha value is -2.07. The third-order valence-electron chi connectivity index (χ3n) is 3.44. The van der Waals surface area contributed by atoms with Crippen LogP contribution in [0.1, 0.15) is 28.5 Å². The molecule has 1 heterocycles.